The Morgan fingerprint density at radius 2 is 2.20 bits per heavy atom. The first-order valence-corrected chi connectivity index (χ1v) is 4.95. The Balaban J connectivity index is 3.02. The Labute approximate surface area is 90.5 Å². The van der Waals surface area contributed by atoms with E-state index >= 15 is 0 Å². The predicted molar refractivity (Wildman–Crippen MR) is 61.7 cm³/mol. The molecule has 1 aromatic rings. The van der Waals surface area contributed by atoms with E-state index in [-0.39, 0.29) is 5.78 Å². The van der Waals surface area contributed by atoms with Gasteiger partial charge < -0.3 is 5.73 Å². The van der Waals surface area contributed by atoms with Crippen LogP contribution in [0.25, 0.3) is 0 Å². The highest BCUT2D eigenvalue weighted by Crippen LogP contribution is 2.10. The van der Waals surface area contributed by atoms with E-state index in [1.54, 1.807) is 6.92 Å². The van der Waals surface area contributed by atoms with Crippen molar-refractivity contribution < 1.29 is 4.79 Å². The molecule has 2 nitrogen and oxygen atoms in total. The molecule has 0 aliphatic carbocycles. The van der Waals surface area contributed by atoms with Crippen molar-refractivity contribution in [3.63, 3.8) is 0 Å². The first-order chi connectivity index (χ1) is 7.15. The number of ketones is 1. The van der Waals surface area contributed by atoms with E-state index in [9.17, 15) is 4.79 Å². The van der Waals surface area contributed by atoms with Gasteiger partial charge in [0.2, 0.25) is 0 Å². The minimum atomic E-state index is 0.0666. The van der Waals surface area contributed by atoms with Crippen LogP contribution in [0.1, 0.15) is 34.8 Å². The molecule has 0 fully saturated rings. The summed E-state index contributed by atoms with van der Waals surface area (Å²) in [6, 6.07) is 5.58. The summed E-state index contributed by atoms with van der Waals surface area (Å²) in [5.74, 6) is 6.07. The highest BCUT2D eigenvalue weighted by atomic mass is 16.1. The maximum Gasteiger partial charge on any atom is 0.159 e. The van der Waals surface area contributed by atoms with Gasteiger partial charge in [-0.15, -0.1) is 0 Å². The molecular formula is C13H15NO. The Bertz CT molecular complexity index is 424. The van der Waals surface area contributed by atoms with Crippen LogP contribution in [-0.2, 0) is 0 Å². The van der Waals surface area contributed by atoms with E-state index in [0.29, 0.717) is 18.5 Å². The number of benzene rings is 1. The van der Waals surface area contributed by atoms with Gasteiger partial charge in [0.15, 0.2) is 5.78 Å². The summed E-state index contributed by atoms with van der Waals surface area (Å²) in [4.78, 5) is 11.2. The molecule has 0 saturated carbocycles. The van der Waals surface area contributed by atoms with E-state index in [2.05, 4.69) is 11.8 Å². The number of rotatable bonds is 2. The standard InChI is InChI=1S/C13H15NO/c1-10-6-7-13(11(2)15)9-12(10)5-3-4-8-14/h6-7,9H,4,8,14H2,1-2H3. The number of carbonyl (C=O) groups is 1. The Morgan fingerprint density at radius 1 is 1.47 bits per heavy atom. The van der Waals surface area contributed by atoms with Gasteiger partial charge in [-0.3, -0.25) is 4.79 Å². The zero-order chi connectivity index (χ0) is 11.3. The highest BCUT2D eigenvalue weighted by Gasteiger charge is 2.01. The number of nitrogens with two attached hydrogens (primary N) is 1. The molecule has 0 aromatic heterocycles. The zero-order valence-electron chi connectivity index (χ0n) is 9.13. The van der Waals surface area contributed by atoms with E-state index in [0.717, 1.165) is 11.1 Å². The Kier molecular flexibility index (Phi) is 4.08. The monoisotopic (exact) mass is 201 g/mol. The van der Waals surface area contributed by atoms with Gasteiger partial charge in [0.1, 0.15) is 0 Å². The first-order valence-electron chi connectivity index (χ1n) is 4.95. The van der Waals surface area contributed by atoms with Crippen molar-refractivity contribution in [1.29, 1.82) is 0 Å². The molecule has 0 aliphatic rings. The van der Waals surface area contributed by atoms with Crippen molar-refractivity contribution in [3.05, 3.63) is 34.9 Å². The van der Waals surface area contributed by atoms with Crippen LogP contribution >= 0.6 is 0 Å². The molecule has 0 radical (unpaired) electrons. The molecule has 0 heterocycles. The van der Waals surface area contributed by atoms with Gasteiger partial charge in [0.25, 0.3) is 0 Å². The Hall–Kier alpha value is -1.59. The number of hydrogen-bond donors (Lipinski definition) is 1. The maximum absolute atomic E-state index is 11.2. The van der Waals surface area contributed by atoms with Crippen molar-refractivity contribution in [2.45, 2.75) is 20.3 Å². The topological polar surface area (TPSA) is 43.1 Å². The van der Waals surface area contributed by atoms with Crippen molar-refractivity contribution >= 4 is 5.78 Å². The number of carbonyl (C=O) groups excluding carboxylic acids is 1. The van der Waals surface area contributed by atoms with Crippen LogP contribution in [-0.4, -0.2) is 12.3 Å². The second-order valence-corrected chi connectivity index (χ2v) is 3.43. The van der Waals surface area contributed by atoms with Crippen molar-refractivity contribution in [1.82, 2.24) is 0 Å². The molecule has 1 aromatic carbocycles. The van der Waals surface area contributed by atoms with Gasteiger partial charge in [-0.05, 0) is 25.5 Å². The molecule has 15 heavy (non-hydrogen) atoms. The van der Waals surface area contributed by atoms with Crippen molar-refractivity contribution in [3.8, 4) is 11.8 Å². The number of aryl methyl sites for hydroxylation is 1. The Morgan fingerprint density at radius 3 is 2.80 bits per heavy atom. The lowest BCUT2D eigenvalue weighted by molar-refractivity contribution is 0.101. The molecule has 0 saturated heterocycles. The summed E-state index contributed by atoms with van der Waals surface area (Å²) in [5, 5.41) is 0. The third-order valence-corrected chi connectivity index (χ3v) is 2.14. The molecule has 0 spiro atoms. The van der Waals surface area contributed by atoms with Crippen LogP contribution in [0.5, 0.6) is 0 Å². The molecule has 0 aliphatic heterocycles. The smallest absolute Gasteiger partial charge is 0.159 e. The molecule has 2 N–H and O–H groups in total. The molecule has 0 unspecified atom stereocenters. The van der Waals surface area contributed by atoms with E-state index in [1.165, 1.54) is 0 Å². The molecule has 0 atom stereocenters. The number of hydrogen-bond acceptors (Lipinski definition) is 2. The van der Waals surface area contributed by atoms with Gasteiger partial charge in [0, 0.05) is 24.1 Å². The number of Topliss-reactive ketones (excluding diaryl/α,β-unsaturated/α-hetero) is 1. The van der Waals surface area contributed by atoms with Gasteiger partial charge in [-0.1, -0.05) is 24.0 Å². The van der Waals surface area contributed by atoms with Gasteiger partial charge in [-0.2, -0.15) is 0 Å². The summed E-state index contributed by atoms with van der Waals surface area (Å²) < 4.78 is 0. The fraction of sp³-hybridized carbons (Fsp3) is 0.308. The first kappa shape index (κ1) is 11.5. The third kappa shape index (κ3) is 3.23. The second-order valence-electron chi connectivity index (χ2n) is 3.43. The van der Waals surface area contributed by atoms with Crippen LogP contribution < -0.4 is 5.73 Å². The van der Waals surface area contributed by atoms with Crippen molar-refractivity contribution in [2.24, 2.45) is 5.73 Å². The minimum absolute atomic E-state index is 0.0666. The summed E-state index contributed by atoms with van der Waals surface area (Å²) >= 11 is 0. The fourth-order valence-electron chi connectivity index (χ4n) is 1.21. The van der Waals surface area contributed by atoms with E-state index in [4.69, 9.17) is 5.73 Å². The van der Waals surface area contributed by atoms with Gasteiger partial charge >= 0.3 is 0 Å². The largest absolute Gasteiger partial charge is 0.330 e. The van der Waals surface area contributed by atoms with E-state index in [1.807, 2.05) is 25.1 Å². The lowest BCUT2D eigenvalue weighted by Crippen LogP contribution is -1.96. The van der Waals surface area contributed by atoms with Crippen LogP contribution in [0, 0.1) is 18.8 Å². The summed E-state index contributed by atoms with van der Waals surface area (Å²) in [7, 11) is 0. The zero-order valence-corrected chi connectivity index (χ0v) is 9.13. The average molecular weight is 201 g/mol. The SMILES string of the molecule is CC(=O)c1ccc(C)c(C#CCCN)c1. The lowest BCUT2D eigenvalue weighted by Gasteiger charge is -2.00. The van der Waals surface area contributed by atoms with E-state index < -0.39 is 0 Å². The van der Waals surface area contributed by atoms with Crippen LogP contribution in [0.2, 0.25) is 0 Å². The van der Waals surface area contributed by atoms with Gasteiger partial charge in [-0.25, -0.2) is 0 Å². The van der Waals surface area contributed by atoms with Crippen LogP contribution in [0.3, 0.4) is 0 Å². The molecule has 1 rings (SSSR count). The van der Waals surface area contributed by atoms with Crippen LogP contribution in [0.4, 0.5) is 0 Å². The second kappa shape index (κ2) is 5.33. The fourth-order valence-corrected chi connectivity index (χ4v) is 1.21. The quantitative estimate of drug-likeness (QED) is 0.586. The normalized spacial score (nSPS) is 9.27. The summed E-state index contributed by atoms with van der Waals surface area (Å²) in [6.45, 7) is 4.11. The van der Waals surface area contributed by atoms with Crippen molar-refractivity contribution in [2.75, 3.05) is 6.54 Å². The molecule has 0 amide bonds. The van der Waals surface area contributed by atoms with Gasteiger partial charge in [0.05, 0.1) is 0 Å². The predicted octanol–water partition coefficient (Wildman–Crippen LogP) is 1.90. The molecule has 2 heteroatoms. The third-order valence-electron chi connectivity index (χ3n) is 2.14. The average Bonchev–Trinajstić information content (AvgIpc) is 2.20. The highest BCUT2D eigenvalue weighted by molar-refractivity contribution is 5.94. The molecular weight excluding hydrogens is 186 g/mol. The minimum Gasteiger partial charge on any atom is -0.330 e. The summed E-state index contributed by atoms with van der Waals surface area (Å²) in [5.41, 5.74) is 8.06. The molecule has 78 valence electrons. The van der Waals surface area contributed by atoms with Crippen LogP contribution in [0.15, 0.2) is 18.2 Å². The summed E-state index contributed by atoms with van der Waals surface area (Å²) in [6.07, 6.45) is 0.684. The molecule has 0 bridgehead atoms. The lowest BCUT2D eigenvalue weighted by atomic mass is 10.0. The maximum atomic E-state index is 11.2.